The molecule has 1 N–H and O–H groups in total. The van der Waals surface area contributed by atoms with E-state index in [0.717, 1.165) is 0 Å². The monoisotopic (exact) mass is 342 g/mol. The molecule has 0 aliphatic carbocycles. The Hall–Kier alpha value is -2.93. The van der Waals surface area contributed by atoms with Crippen molar-refractivity contribution >= 4 is 34.2 Å². The van der Waals surface area contributed by atoms with Gasteiger partial charge in [0.1, 0.15) is 18.7 Å². The van der Waals surface area contributed by atoms with Crippen LogP contribution < -0.4 is 14.8 Å². The fraction of sp³-hybridized carbons (Fsp3) is 0.125. The van der Waals surface area contributed by atoms with E-state index in [4.69, 9.17) is 21.1 Å². The highest BCUT2D eigenvalue weighted by Gasteiger charge is 2.15. The second-order valence-electron chi connectivity index (χ2n) is 5.08. The number of rotatable bonds is 2. The lowest BCUT2D eigenvalue weighted by molar-refractivity contribution is 0.101. The van der Waals surface area contributed by atoms with E-state index in [0.29, 0.717) is 46.5 Å². The summed E-state index contributed by atoms with van der Waals surface area (Å²) < 4.78 is 10.9. The molecule has 1 aromatic heterocycles. The van der Waals surface area contributed by atoms with Crippen LogP contribution in [0.2, 0.25) is 5.02 Å². The van der Waals surface area contributed by atoms with Gasteiger partial charge in [-0.15, -0.1) is 10.2 Å². The molecular formula is C16H11ClN4O3. The summed E-state index contributed by atoms with van der Waals surface area (Å²) in [7, 11) is 0. The molecule has 1 amide bonds. The predicted molar refractivity (Wildman–Crippen MR) is 87.7 cm³/mol. The van der Waals surface area contributed by atoms with Crippen LogP contribution >= 0.6 is 11.6 Å². The van der Waals surface area contributed by atoms with E-state index in [1.165, 1.54) is 0 Å². The minimum absolute atomic E-state index is 0.0420. The first kappa shape index (κ1) is 14.6. The van der Waals surface area contributed by atoms with E-state index in [9.17, 15) is 4.79 Å². The van der Waals surface area contributed by atoms with E-state index in [1.54, 1.807) is 36.4 Å². The molecular weight excluding hydrogens is 332 g/mol. The molecule has 24 heavy (non-hydrogen) atoms. The van der Waals surface area contributed by atoms with E-state index >= 15 is 0 Å². The number of halogens is 1. The Balaban J connectivity index is 1.59. The number of fused-ring (bicyclic) bond motifs is 2. The molecule has 0 spiro atoms. The molecule has 0 atom stereocenters. The van der Waals surface area contributed by atoms with Crippen molar-refractivity contribution in [3.05, 3.63) is 47.2 Å². The van der Waals surface area contributed by atoms with E-state index < -0.39 is 5.91 Å². The van der Waals surface area contributed by atoms with Crippen molar-refractivity contribution in [2.45, 2.75) is 0 Å². The number of amides is 1. The molecule has 0 saturated carbocycles. The molecule has 0 radical (unpaired) electrons. The first-order valence-corrected chi connectivity index (χ1v) is 7.58. The molecule has 7 nitrogen and oxygen atoms in total. The van der Waals surface area contributed by atoms with Gasteiger partial charge in [0.15, 0.2) is 11.5 Å². The number of nitrogens with zero attached hydrogens (tertiary/aromatic N) is 3. The van der Waals surface area contributed by atoms with Crippen molar-refractivity contribution in [1.29, 1.82) is 0 Å². The lowest BCUT2D eigenvalue weighted by Gasteiger charge is -2.18. The standard InChI is InChI=1S/C16H11ClN4O3/c17-9-1-3-11-12(7-9)19-15(21-20-11)16(22)18-10-2-4-13-14(8-10)24-6-5-23-13/h1-4,7-8H,5-6H2,(H,18,22). The van der Waals surface area contributed by atoms with Gasteiger partial charge < -0.3 is 14.8 Å². The summed E-state index contributed by atoms with van der Waals surface area (Å²) in [5.41, 5.74) is 1.62. The third kappa shape index (κ3) is 2.81. The number of hydrogen-bond acceptors (Lipinski definition) is 6. The first-order valence-electron chi connectivity index (χ1n) is 7.20. The molecule has 2 aromatic carbocycles. The number of ether oxygens (including phenoxy) is 2. The van der Waals surface area contributed by atoms with Gasteiger partial charge in [0.2, 0.25) is 5.82 Å². The lowest BCUT2D eigenvalue weighted by atomic mass is 10.2. The van der Waals surface area contributed by atoms with Gasteiger partial charge in [-0.1, -0.05) is 11.6 Å². The first-order chi connectivity index (χ1) is 11.7. The maximum absolute atomic E-state index is 12.3. The Kier molecular flexibility index (Phi) is 3.62. The number of anilines is 1. The fourth-order valence-corrected chi connectivity index (χ4v) is 2.48. The predicted octanol–water partition coefficient (Wildman–Crippen LogP) is 2.70. The third-order valence-corrected chi connectivity index (χ3v) is 3.65. The number of hydrogen-bond donors (Lipinski definition) is 1. The van der Waals surface area contributed by atoms with Gasteiger partial charge in [0.25, 0.3) is 5.91 Å². The van der Waals surface area contributed by atoms with Crippen molar-refractivity contribution in [2.24, 2.45) is 0 Å². The second kappa shape index (κ2) is 5.93. The van der Waals surface area contributed by atoms with Crippen LogP contribution in [0.4, 0.5) is 5.69 Å². The van der Waals surface area contributed by atoms with Crippen LogP contribution in [-0.2, 0) is 0 Å². The number of carbonyl (C=O) groups excluding carboxylic acids is 1. The smallest absolute Gasteiger partial charge is 0.295 e. The zero-order valence-corrected chi connectivity index (χ0v) is 13.1. The van der Waals surface area contributed by atoms with Crippen LogP contribution in [0, 0.1) is 0 Å². The minimum Gasteiger partial charge on any atom is -0.486 e. The zero-order valence-electron chi connectivity index (χ0n) is 12.3. The molecule has 0 saturated heterocycles. The summed E-state index contributed by atoms with van der Waals surface area (Å²) in [4.78, 5) is 16.5. The normalized spacial score (nSPS) is 12.9. The Bertz CT molecular complexity index is 948. The van der Waals surface area contributed by atoms with Gasteiger partial charge in [-0.2, -0.15) is 0 Å². The average Bonchev–Trinajstić information content (AvgIpc) is 2.61. The topological polar surface area (TPSA) is 86.2 Å². The SMILES string of the molecule is O=C(Nc1ccc2c(c1)OCCO2)c1nnc2ccc(Cl)cc2n1. The lowest BCUT2D eigenvalue weighted by Crippen LogP contribution is -2.18. The number of nitrogens with one attached hydrogen (secondary N) is 1. The molecule has 0 unspecified atom stereocenters. The molecule has 1 aliphatic heterocycles. The Morgan fingerprint density at radius 3 is 2.71 bits per heavy atom. The molecule has 3 aromatic rings. The maximum Gasteiger partial charge on any atom is 0.295 e. The number of benzene rings is 2. The van der Waals surface area contributed by atoms with Crippen molar-refractivity contribution in [3.63, 3.8) is 0 Å². The highest BCUT2D eigenvalue weighted by molar-refractivity contribution is 6.31. The van der Waals surface area contributed by atoms with Crippen LogP contribution in [0.25, 0.3) is 11.0 Å². The molecule has 1 aliphatic rings. The molecule has 8 heteroatoms. The molecule has 4 rings (SSSR count). The summed E-state index contributed by atoms with van der Waals surface area (Å²) in [6, 6.07) is 10.2. The third-order valence-electron chi connectivity index (χ3n) is 3.42. The van der Waals surface area contributed by atoms with Gasteiger partial charge in [-0.25, -0.2) is 4.98 Å². The maximum atomic E-state index is 12.3. The van der Waals surface area contributed by atoms with Gasteiger partial charge >= 0.3 is 0 Å². The molecule has 120 valence electrons. The Morgan fingerprint density at radius 2 is 1.83 bits per heavy atom. The van der Waals surface area contributed by atoms with Gasteiger partial charge in [-0.3, -0.25) is 4.79 Å². The number of carbonyl (C=O) groups is 1. The number of aromatic nitrogens is 3. The summed E-state index contributed by atoms with van der Waals surface area (Å²) in [6.07, 6.45) is 0. The minimum atomic E-state index is -0.471. The quantitative estimate of drug-likeness (QED) is 0.770. The second-order valence-corrected chi connectivity index (χ2v) is 5.52. The highest BCUT2D eigenvalue weighted by atomic mass is 35.5. The van der Waals surface area contributed by atoms with Crippen molar-refractivity contribution in [1.82, 2.24) is 15.2 Å². The van der Waals surface area contributed by atoms with Gasteiger partial charge in [0, 0.05) is 16.8 Å². The van der Waals surface area contributed by atoms with Gasteiger partial charge in [-0.05, 0) is 30.3 Å². The van der Waals surface area contributed by atoms with Crippen LogP contribution in [0.1, 0.15) is 10.6 Å². The Morgan fingerprint density at radius 1 is 1.00 bits per heavy atom. The summed E-state index contributed by atoms with van der Waals surface area (Å²) in [6.45, 7) is 0.987. The largest absolute Gasteiger partial charge is 0.486 e. The van der Waals surface area contributed by atoms with Crippen LogP contribution in [-0.4, -0.2) is 34.3 Å². The van der Waals surface area contributed by atoms with E-state index in [-0.39, 0.29) is 5.82 Å². The van der Waals surface area contributed by atoms with Crippen molar-refractivity contribution in [2.75, 3.05) is 18.5 Å². The zero-order chi connectivity index (χ0) is 16.5. The molecule has 0 bridgehead atoms. The fourth-order valence-electron chi connectivity index (χ4n) is 2.31. The summed E-state index contributed by atoms with van der Waals surface area (Å²) >= 11 is 5.93. The summed E-state index contributed by atoms with van der Waals surface area (Å²) in [5, 5.41) is 11.1. The molecule has 2 heterocycles. The van der Waals surface area contributed by atoms with Crippen LogP contribution in [0.3, 0.4) is 0 Å². The Labute approximate surface area is 141 Å². The van der Waals surface area contributed by atoms with E-state index in [1.807, 2.05) is 0 Å². The van der Waals surface area contributed by atoms with Crippen molar-refractivity contribution in [3.8, 4) is 11.5 Å². The van der Waals surface area contributed by atoms with Crippen LogP contribution in [0.5, 0.6) is 11.5 Å². The van der Waals surface area contributed by atoms with E-state index in [2.05, 4.69) is 20.5 Å². The molecule has 0 fully saturated rings. The van der Waals surface area contributed by atoms with Crippen molar-refractivity contribution < 1.29 is 14.3 Å². The average molecular weight is 343 g/mol. The van der Waals surface area contributed by atoms with Gasteiger partial charge in [0.05, 0.1) is 5.52 Å². The van der Waals surface area contributed by atoms with Crippen LogP contribution in [0.15, 0.2) is 36.4 Å². The summed E-state index contributed by atoms with van der Waals surface area (Å²) in [5.74, 6) is 0.724. The highest BCUT2D eigenvalue weighted by Crippen LogP contribution is 2.32.